The third kappa shape index (κ3) is 3.19. The van der Waals surface area contributed by atoms with Gasteiger partial charge >= 0.3 is 0 Å². The molecule has 0 aliphatic heterocycles. The van der Waals surface area contributed by atoms with Crippen LogP contribution in [0.2, 0.25) is 5.02 Å². The maximum Gasteiger partial charge on any atom is 0.0662 e. The van der Waals surface area contributed by atoms with E-state index in [-0.39, 0.29) is 12.4 Å². The molecule has 0 aliphatic carbocycles. The van der Waals surface area contributed by atoms with Gasteiger partial charge in [-0.15, -0.1) is 24.0 Å². The van der Waals surface area contributed by atoms with Gasteiger partial charge in [-0.05, 0) is 31.5 Å². The zero-order valence-corrected chi connectivity index (χ0v) is 12.6. The first-order valence-corrected chi connectivity index (χ1v) is 6.36. The van der Waals surface area contributed by atoms with Crippen molar-refractivity contribution in [3.8, 4) is 0 Å². The molecule has 1 aromatic heterocycles. The van der Waals surface area contributed by atoms with Gasteiger partial charge in [0.15, 0.2) is 0 Å². The molecule has 2 nitrogen and oxygen atoms in total. The Bertz CT molecular complexity index is 518. The number of hydrogen-bond donors (Lipinski definition) is 0. The van der Waals surface area contributed by atoms with E-state index in [1.807, 2.05) is 42.8 Å². The quantitative estimate of drug-likeness (QED) is 0.770. The van der Waals surface area contributed by atoms with E-state index >= 15 is 0 Å². The second-order valence-corrected chi connectivity index (χ2v) is 4.77. The fourth-order valence-corrected chi connectivity index (χ4v) is 2.36. The van der Waals surface area contributed by atoms with Crippen LogP contribution in [0.1, 0.15) is 22.5 Å². The van der Waals surface area contributed by atoms with E-state index in [2.05, 4.69) is 5.10 Å². The molecule has 2 rings (SSSR count). The number of halogens is 3. The Morgan fingerprint density at radius 1 is 1.17 bits per heavy atom. The van der Waals surface area contributed by atoms with E-state index in [9.17, 15) is 0 Å². The van der Waals surface area contributed by atoms with Gasteiger partial charge in [-0.25, -0.2) is 0 Å². The minimum atomic E-state index is 0. The number of nitrogens with zero attached hydrogens (tertiary/aromatic N) is 2. The van der Waals surface area contributed by atoms with Crippen LogP contribution in [0, 0.1) is 13.8 Å². The molecule has 0 spiro atoms. The van der Waals surface area contributed by atoms with Crippen molar-refractivity contribution < 1.29 is 0 Å². The van der Waals surface area contributed by atoms with Gasteiger partial charge < -0.3 is 0 Å². The van der Waals surface area contributed by atoms with Crippen LogP contribution in [0.4, 0.5) is 0 Å². The van der Waals surface area contributed by atoms with Crippen LogP contribution in [0.3, 0.4) is 0 Å². The van der Waals surface area contributed by atoms with Gasteiger partial charge in [-0.1, -0.05) is 23.7 Å². The number of benzene rings is 1. The Hall–Kier alpha value is -0.700. The van der Waals surface area contributed by atoms with Gasteiger partial charge in [0.05, 0.1) is 18.1 Å². The summed E-state index contributed by atoms with van der Waals surface area (Å²) in [6, 6.07) is 7.81. The summed E-state index contributed by atoms with van der Waals surface area (Å²) in [7, 11) is 0. The second-order valence-electron chi connectivity index (χ2n) is 4.07. The van der Waals surface area contributed by atoms with Crippen LogP contribution in [0.5, 0.6) is 0 Å². The van der Waals surface area contributed by atoms with Crippen molar-refractivity contribution in [3.63, 3.8) is 0 Å². The summed E-state index contributed by atoms with van der Waals surface area (Å²) in [5.74, 6) is 0.512. The topological polar surface area (TPSA) is 17.8 Å². The Balaban J connectivity index is 0.00000162. The molecule has 1 heterocycles. The van der Waals surface area contributed by atoms with Crippen molar-refractivity contribution in [1.29, 1.82) is 0 Å². The van der Waals surface area contributed by atoms with E-state index in [0.29, 0.717) is 5.88 Å². The highest BCUT2D eigenvalue weighted by molar-refractivity contribution is 6.30. The standard InChI is InChI=1S/C13H14Cl2N2.ClH/c1-9-13(7-14)10(2)17(16-9)8-11-3-5-12(15)6-4-11;/h3-6H,7-8H2,1-2H3;1H. The largest absolute Gasteiger partial charge is 0.265 e. The Morgan fingerprint density at radius 3 is 2.28 bits per heavy atom. The summed E-state index contributed by atoms with van der Waals surface area (Å²) in [4.78, 5) is 0. The maximum absolute atomic E-state index is 5.90. The molecule has 98 valence electrons. The van der Waals surface area contributed by atoms with Crippen molar-refractivity contribution in [1.82, 2.24) is 9.78 Å². The fourth-order valence-electron chi connectivity index (χ4n) is 1.84. The molecule has 0 aliphatic rings. The van der Waals surface area contributed by atoms with Gasteiger partial charge in [-0.3, -0.25) is 4.68 Å². The molecule has 1 aromatic carbocycles. The normalized spacial score (nSPS) is 10.2. The minimum Gasteiger partial charge on any atom is -0.265 e. The van der Waals surface area contributed by atoms with Crippen molar-refractivity contribution in [2.45, 2.75) is 26.3 Å². The zero-order valence-electron chi connectivity index (χ0n) is 10.3. The van der Waals surface area contributed by atoms with E-state index < -0.39 is 0 Å². The molecule has 0 fully saturated rings. The fraction of sp³-hybridized carbons (Fsp3) is 0.308. The van der Waals surface area contributed by atoms with Crippen LogP contribution >= 0.6 is 35.6 Å². The van der Waals surface area contributed by atoms with Gasteiger partial charge in [-0.2, -0.15) is 5.10 Å². The van der Waals surface area contributed by atoms with Crippen molar-refractivity contribution in [3.05, 3.63) is 51.8 Å². The van der Waals surface area contributed by atoms with Crippen molar-refractivity contribution in [2.75, 3.05) is 0 Å². The highest BCUT2D eigenvalue weighted by Gasteiger charge is 2.10. The van der Waals surface area contributed by atoms with E-state index in [0.717, 1.165) is 28.5 Å². The lowest BCUT2D eigenvalue weighted by Gasteiger charge is -2.05. The summed E-state index contributed by atoms with van der Waals surface area (Å²) >= 11 is 11.8. The average Bonchev–Trinajstić information content (AvgIpc) is 2.57. The van der Waals surface area contributed by atoms with Crippen LogP contribution in [0.15, 0.2) is 24.3 Å². The molecule has 0 saturated carbocycles. The summed E-state index contributed by atoms with van der Waals surface area (Å²) in [6.45, 7) is 4.79. The Labute approximate surface area is 123 Å². The van der Waals surface area contributed by atoms with Gasteiger partial charge in [0.2, 0.25) is 0 Å². The molecule has 0 amide bonds. The molecule has 0 radical (unpaired) electrons. The maximum atomic E-state index is 5.90. The van der Waals surface area contributed by atoms with E-state index in [1.165, 1.54) is 5.56 Å². The molecule has 0 bridgehead atoms. The van der Waals surface area contributed by atoms with Crippen LogP contribution in [0.25, 0.3) is 0 Å². The lowest BCUT2D eigenvalue weighted by molar-refractivity contribution is 0.658. The molecule has 5 heteroatoms. The summed E-state index contributed by atoms with van der Waals surface area (Å²) < 4.78 is 1.98. The molecular weight excluding hydrogens is 291 g/mol. The minimum absolute atomic E-state index is 0. The lowest BCUT2D eigenvalue weighted by Crippen LogP contribution is -2.04. The van der Waals surface area contributed by atoms with Gasteiger partial charge in [0.1, 0.15) is 0 Å². The molecule has 0 unspecified atom stereocenters. The molecule has 0 N–H and O–H groups in total. The molecule has 2 aromatic rings. The van der Waals surface area contributed by atoms with Gasteiger partial charge in [0.25, 0.3) is 0 Å². The van der Waals surface area contributed by atoms with Crippen LogP contribution in [-0.2, 0) is 12.4 Å². The SMILES string of the molecule is Cc1nn(Cc2ccc(Cl)cc2)c(C)c1CCl.Cl. The zero-order chi connectivity index (χ0) is 12.4. The van der Waals surface area contributed by atoms with Crippen molar-refractivity contribution in [2.24, 2.45) is 0 Å². The Kier molecular flexibility index (Phi) is 5.51. The third-order valence-corrected chi connectivity index (χ3v) is 3.43. The molecule has 0 atom stereocenters. The summed E-state index contributed by atoms with van der Waals surface area (Å²) in [5, 5.41) is 5.25. The van der Waals surface area contributed by atoms with E-state index in [4.69, 9.17) is 23.2 Å². The molecular formula is C13H15Cl3N2. The molecule has 0 saturated heterocycles. The van der Waals surface area contributed by atoms with E-state index in [1.54, 1.807) is 0 Å². The monoisotopic (exact) mass is 304 g/mol. The first kappa shape index (κ1) is 15.4. The average molecular weight is 306 g/mol. The predicted molar refractivity (Wildman–Crippen MR) is 79.1 cm³/mol. The van der Waals surface area contributed by atoms with Crippen LogP contribution < -0.4 is 0 Å². The highest BCUT2D eigenvalue weighted by atomic mass is 35.5. The number of aromatic nitrogens is 2. The Morgan fingerprint density at radius 2 is 1.78 bits per heavy atom. The first-order chi connectivity index (χ1) is 8.11. The number of rotatable bonds is 3. The highest BCUT2D eigenvalue weighted by Crippen LogP contribution is 2.17. The predicted octanol–water partition coefficient (Wildman–Crippen LogP) is 4.36. The van der Waals surface area contributed by atoms with Crippen molar-refractivity contribution >= 4 is 35.6 Å². The summed E-state index contributed by atoms with van der Waals surface area (Å²) in [6.07, 6.45) is 0. The first-order valence-electron chi connectivity index (χ1n) is 5.45. The second kappa shape index (κ2) is 6.46. The van der Waals surface area contributed by atoms with Gasteiger partial charge in [0, 0.05) is 16.3 Å². The lowest BCUT2D eigenvalue weighted by atomic mass is 10.2. The number of aryl methyl sites for hydroxylation is 1. The number of hydrogen-bond acceptors (Lipinski definition) is 1. The molecule has 18 heavy (non-hydrogen) atoms. The van der Waals surface area contributed by atoms with Crippen LogP contribution in [-0.4, -0.2) is 9.78 Å². The summed E-state index contributed by atoms with van der Waals surface area (Å²) in [5.41, 5.74) is 4.45. The number of alkyl halides is 1. The smallest absolute Gasteiger partial charge is 0.0662 e. The third-order valence-electron chi connectivity index (χ3n) is 2.91.